The lowest BCUT2D eigenvalue weighted by atomic mass is 9.91. The monoisotopic (exact) mass is 479 g/mol. The van der Waals surface area contributed by atoms with Gasteiger partial charge in [-0.1, -0.05) is 66.7 Å². The average Bonchev–Trinajstić information content (AvgIpc) is 2.89. The number of sulfonamides is 1. The maximum absolute atomic E-state index is 13.1. The number of rotatable bonds is 6. The van der Waals surface area contributed by atoms with Crippen LogP contribution in [-0.2, 0) is 19.6 Å². The summed E-state index contributed by atoms with van der Waals surface area (Å²) in [5.41, 5.74) is 6.56. The van der Waals surface area contributed by atoms with Gasteiger partial charge in [-0.2, -0.15) is 4.31 Å². The SMILES string of the molecule is O=C(NNC(=O)C(c1ccccc1)c1ccccc1)c1cccc(S(=O)(=O)N2CCOCC2)c1. The quantitative estimate of drug-likeness (QED) is 0.528. The fourth-order valence-electron chi connectivity index (χ4n) is 3.78. The first kappa shape index (κ1) is 23.6. The molecule has 1 aliphatic heterocycles. The Balaban J connectivity index is 1.49. The van der Waals surface area contributed by atoms with E-state index in [9.17, 15) is 18.0 Å². The van der Waals surface area contributed by atoms with Crippen molar-refractivity contribution in [2.75, 3.05) is 26.3 Å². The van der Waals surface area contributed by atoms with Gasteiger partial charge in [0.1, 0.15) is 0 Å². The minimum atomic E-state index is -3.75. The van der Waals surface area contributed by atoms with Crippen molar-refractivity contribution in [3.8, 4) is 0 Å². The second-order valence-electron chi connectivity index (χ2n) is 7.74. The summed E-state index contributed by atoms with van der Waals surface area (Å²) < 4.78 is 32.4. The fourth-order valence-corrected chi connectivity index (χ4v) is 5.24. The Morgan fingerprint density at radius 2 is 1.38 bits per heavy atom. The van der Waals surface area contributed by atoms with Gasteiger partial charge in [-0.15, -0.1) is 0 Å². The first-order valence-corrected chi connectivity index (χ1v) is 12.3. The van der Waals surface area contributed by atoms with E-state index in [0.29, 0.717) is 13.2 Å². The molecule has 0 aliphatic carbocycles. The lowest BCUT2D eigenvalue weighted by Crippen LogP contribution is -2.44. The second kappa shape index (κ2) is 10.6. The highest BCUT2D eigenvalue weighted by molar-refractivity contribution is 7.89. The zero-order chi connectivity index (χ0) is 24.0. The van der Waals surface area contributed by atoms with Gasteiger partial charge in [0.2, 0.25) is 15.9 Å². The molecule has 0 spiro atoms. The topological polar surface area (TPSA) is 105 Å². The van der Waals surface area contributed by atoms with Crippen LogP contribution in [0.1, 0.15) is 27.4 Å². The molecule has 9 heteroatoms. The summed E-state index contributed by atoms with van der Waals surface area (Å²) in [6, 6.07) is 24.2. The van der Waals surface area contributed by atoms with Crippen molar-refractivity contribution < 1.29 is 22.7 Å². The van der Waals surface area contributed by atoms with Gasteiger partial charge in [0, 0.05) is 18.7 Å². The smallest absolute Gasteiger partial charge is 0.269 e. The summed E-state index contributed by atoms with van der Waals surface area (Å²) in [6.45, 7) is 1.18. The number of benzene rings is 3. The molecule has 0 atom stereocenters. The van der Waals surface area contributed by atoms with Crippen molar-refractivity contribution in [2.45, 2.75) is 10.8 Å². The van der Waals surface area contributed by atoms with Crippen LogP contribution in [-0.4, -0.2) is 50.8 Å². The molecule has 1 heterocycles. The first-order chi connectivity index (χ1) is 16.5. The number of carbonyl (C=O) groups excluding carboxylic acids is 2. The summed E-state index contributed by atoms with van der Waals surface area (Å²) in [6.07, 6.45) is 0. The number of morpholine rings is 1. The molecule has 8 nitrogen and oxygen atoms in total. The third-order valence-electron chi connectivity index (χ3n) is 5.53. The zero-order valence-electron chi connectivity index (χ0n) is 18.4. The van der Waals surface area contributed by atoms with Crippen molar-refractivity contribution >= 4 is 21.8 Å². The summed E-state index contributed by atoms with van der Waals surface area (Å²) >= 11 is 0. The van der Waals surface area contributed by atoms with E-state index >= 15 is 0 Å². The summed E-state index contributed by atoms with van der Waals surface area (Å²) in [5, 5.41) is 0. The summed E-state index contributed by atoms with van der Waals surface area (Å²) in [5.74, 6) is -1.66. The largest absolute Gasteiger partial charge is 0.379 e. The van der Waals surface area contributed by atoms with E-state index in [4.69, 9.17) is 4.74 Å². The highest BCUT2D eigenvalue weighted by Gasteiger charge is 2.27. The number of hydrazine groups is 1. The van der Waals surface area contributed by atoms with E-state index in [0.717, 1.165) is 11.1 Å². The Bertz CT molecular complexity index is 1200. The molecule has 3 aromatic carbocycles. The van der Waals surface area contributed by atoms with Crippen LogP contribution < -0.4 is 10.9 Å². The third kappa shape index (κ3) is 5.33. The molecular weight excluding hydrogens is 454 g/mol. The molecule has 2 N–H and O–H groups in total. The van der Waals surface area contributed by atoms with Crippen molar-refractivity contribution in [3.05, 3.63) is 102 Å². The molecule has 4 rings (SSSR count). The second-order valence-corrected chi connectivity index (χ2v) is 9.68. The van der Waals surface area contributed by atoms with Gasteiger partial charge in [-0.25, -0.2) is 8.42 Å². The number of ether oxygens (including phenoxy) is 1. The summed E-state index contributed by atoms with van der Waals surface area (Å²) in [4.78, 5) is 25.8. The Morgan fingerprint density at radius 1 is 0.794 bits per heavy atom. The van der Waals surface area contributed by atoms with Gasteiger partial charge < -0.3 is 4.74 Å². The highest BCUT2D eigenvalue weighted by Crippen LogP contribution is 2.24. The lowest BCUT2D eigenvalue weighted by molar-refractivity contribution is -0.122. The molecular formula is C25H25N3O5S. The maximum atomic E-state index is 13.1. The van der Waals surface area contributed by atoms with E-state index in [1.807, 2.05) is 60.7 Å². The number of carbonyl (C=O) groups is 2. The van der Waals surface area contributed by atoms with Crippen LogP contribution in [0.3, 0.4) is 0 Å². The van der Waals surface area contributed by atoms with Gasteiger partial charge in [0.25, 0.3) is 5.91 Å². The first-order valence-electron chi connectivity index (χ1n) is 10.8. The molecule has 0 aromatic heterocycles. The van der Waals surface area contributed by atoms with Crippen molar-refractivity contribution in [1.29, 1.82) is 0 Å². The summed E-state index contributed by atoms with van der Waals surface area (Å²) in [7, 11) is -3.75. The molecule has 0 bridgehead atoms. The average molecular weight is 480 g/mol. The van der Waals surface area contributed by atoms with Crippen molar-refractivity contribution in [2.24, 2.45) is 0 Å². The minimum absolute atomic E-state index is 0.0137. The van der Waals surface area contributed by atoms with E-state index in [1.54, 1.807) is 0 Å². The Hall–Kier alpha value is -3.53. The molecule has 2 amide bonds. The predicted molar refractivity (Wildman–Crippen MR) is 126 cm³/mol. The normalized spacial score (nSPS) is 14.5. The third-order valence-corrected chi connectivity index (χ3v) is 7.43. The molecule has 3 aromatic rings. The standard InChI is InChI=1S/C25H25N3O5S/c29-24(21-12-7-13-22(18-21)34(31,32)28-14-16-33-17-15-28)26-27-25(30)23(19-8-3-1-4-9-19)20-10-5-2-6-11-20/h1-13,18,23H,14-17H2,(H,26,29)(H,27,30). The van der Waals surface area contributed by atoms with E-state index in [1.165, 1.54) is 28.6 Å². The van der Waals surface area contributed by atoms with Crippen LogP contribution in [0.2, 0.25) is 0 Å². The van der Waals surface area contributed by atoms with Gasteiger partial charge in [-0.05, 0) is 29.3 Å². The fraction of sp³-hybridized carbons (Fsp3) is 0.200. The Kier molecular flexibility index (Phi) is 7.36. The van der Waals surface area contributed by atoms with Gasteiger partial charge in [0.15, 0.2) is 0 Å². The molecule has 34 heavy (non-hydrogen) atoms. The Morgan fingerprint density at radius 3 is 1.97 bits per heavy atom. The molecule has 1 aliphatic rings. The van der Waals surface area contributed by atoms with Gasteiger partial charge >= 0.3 is 0 Å². The van der Waals surface area contributed by atoms with Gasteiger partial charge in [0.05, 0.1) is 24.0 Å². The van der Waals surface area contributed by atoms with Crippen LogP contribution in [0, 0.1) is 0 Å². The molecule has 1 saturated heterocycles. The van der Waals surface area contributed by atoms with Crippen LogP contribution in [0.4, 0.5) is 0 Å². The zero-order valence-corrected chi connectivity index (χ0v) is 19.2. The molecule has 1 fully saturated rings. The maximum Gasteiger partial charge on any atom is 0.269 e. The van der Waals surface area contributed by atoms with Crippen LogP contribution in [0.15, 0.2) is 89.8 Å². The predicted octanol–water partition coefficient (Wildman–Crippen LogP) is 2.30. The molecule has 0 radical (unpaired) electrons. The number of nitrogens with zero attached hydrogens (tertiary/aromatic N) is 1. The molecule has 0 unspecified atom stereocenters. The number of hydrogen-bond donors (Lipinski definition) is 2. The number of nitrogens with one attached hydrogen (secondary N) is 2. The van der Waals surface area contributed by atoms with Crippen molar-refractivity contribution in [3.63, 3.8) is 0 Å². The minimum Gasteiger partial charge on any atom is -0.379 e. The Labute approximate surface area is 198 Å². The van der Waals surface area contributed by atoms with E-state index in [-0.39, 0.29) is 23.5 Å². The molecule has 176 valence electrons. The van der Waals surface area contributed by atoms with Gasteiger partial charge in [-0.3, -0.25) is 20.4 Å². The highest BCUT2D eigenvalue weighted by atomic mass is 32.2. The van der Waals surface area contributed by atoms with E-state index < -0.39 is 27.8 Å². The van der Waals surface area contributed by atoms with Crippen LogP contribution in [0.5, 0.6) is 0 Å². The van der Waals surface area contributed by atoms with E-state index in [2.05, 4.69) is 10.9 Å². The van der Waals surface area contributed by atoms with Crippen LogP contribution in [0.25, 0.3) is 0 Å². The lowest BCUT2D eigenvalue weighted by Gasteiger charge is -2.26. The number of amides is 2. The van der Waals surface area contributed by atoms with Crippen LogP contribution >= 0.6 is 0 Å². The van der Waals surface area contributed by atoms with Crippen molar-refractivity contribution in [1.82, 2.24) is 15.2 Å². The number of hydrogen-bond acceptors (Lipinski definition) is 5. The molecule has 0 saturated carbocycles.